The molecule has 0 fully saturated rings. The lowest BCUT2D eigenvalue weighted by molar-refractivity contribution is 0.383. The molecule has 100 valence electrons. The van der Waals surface area contributed by atoms with Gasteiger partial charge in [-0.15, -0.1) is 11.3 Å². The van der Waals surface area contributed by atoms with Gasteiger partial charge in [0.05, 0.1) is 13.3 Å². The minimum Gasteiger partial charge on any atom is -0.493 e. The Morgan fingerprint density at radius 2 is 2.26 bits per heavy atom. The molecule has 19 heavy (non-hydrogen) atoms. The number of methoxy groups -OCH3 is 1. The Bertz CT molecular complexity index is 615. The van der Waals surface area contributed by atoms with Crippen LogP contribution in [0, 0.1) is 11.6 Å². The van der Waals surface area contributed by atoms with Crippen LogP contribution in [0.4, 0.5) is 19.7 Å². The molecule has 3 N–H and O–H groups in total. The Labute approximate surface area is 111 Å². The average Bonchev–Trinajstić information content (AvgIpc) is 2.74. The SMILES string of the molecule is COc1c(F)cc(F)cc1C=NNc1nc(N)cs1. The maximum absolute atomic E-state index is 13.4. The number of halogens is 2. The zero-order valence-electron chi connectivity index (χ0n) is 9.85. The van der Waals surface area contributed by atoms with Crippen LogP contribution in [0.15, 0.2) is 22.6 Å². The van der Waals surface area contributed by atoms with Crippen molar-refractivity contribution in [2.45, 2.75) is 0 Å². The van der Waals surface area contributed by atoms with Crippen LogP contribution in [0.2, 0.25) is 0 Å². The highest BCUT2D eigenvalue weighted by Crippen LogP contribution is 2.22. The van der Waals surface area contributed by atoms with E-state index in [1.54, 1.807) is 5.38 Å². The van der Waals surface area contributed by atoms with Crippen molar-refractivity contribution in [1.82, 2.24) is 4.98 Å². The van der Waals surface area contributed by atoms with Crippen molar-refractivity contribution in [3.63, 3.8) is 0 Å². The highest BCUT2D eigenvalue weighted by atomic mass is 32.1. The van der Waals surface area contributed by atoms with E-state index in [2.05, 4.69) is 15.5 Å². The van der Waals surface area contributed by atoms with Gasteiger partial charge in [-0.2, -0.15) is 5.10 Å². The van der Waals surface area contributed by atoms with Crippen molar-refractivity contribution in [3.05, 3.63) is 34.7 Å². The number of hydrazone groups is 1. The molecule has 0 aliphatic heterocycles. The maximum Gasteiger partial charge on any atom is 0.205 e. The highest BCUT2D eigenvalue weighted by Gasteiger charge is 2.10. The number of ether oxygens (including phenoxy) is 1. The molecule has 0 saturated heterocycles. The molecule has 1 aromatic carbocycles. The van der Waals surface area contributed by atoms with E-state index in [1.165, 1.54) is 24.7 Å². The van der Waals surface area contributed by atoms with Gasteiger partial charge in [0.2, 0.25) is 5.13 Å². The van der Waals surface area contributed by atoms with Gasteiger partial charge in [-0.3, -0.25) is 5.43 Å². The van der Waals surface area contributed by atoms with Crippen LogP contribution >= 0.6 is 11.3 Å². The van der Waals surface area contributed by atoms with Gasteiger partial charge in [0, 0.05) is 17.0 Å². The quantitative estimate of drug-likeness (QED) is 0.668. The maximum atomic E-state index is 13.4. The molecule has 0 unspecified atom stereocenters. The second kappa shape index (κ2) is 5.61. The average molecular weight is 284 g/mol. The fourth-order valence-corrected chi connectivity index (χ4v) is 1.93. The molecule has 0 saturated carbocycles. The van der Waals surface area contributed by atoms with E-state index >= 15 is 0 Å². The lowest BCUT2D eigenvalue weighted by atomic mass is 10.2. The number of thiazole rings is 1. The minimum absolute atomic E-state index is 0.0781. The third kappa shape index (κ3) is 3.16. The number of hydrogen-bond donors (Lipinski definition) is 2. The summed E-state index contributed by atoms with van der Waals surface area (Å²) in [5.74, 6) is -1.21. The number of nitrogen functional groups attached to an aromatic ring is 1. The predicted molar refractivity (Wildman–Crippen MR) is 70.7 cm³/mol. The van der Waals surface area contributed by atoms with Gasteiger partial charge in [0.15, 0.2) is 11.6 Å². The summed E-state index contributed by atoms with van der Waals surface area (Å²) in [6.45, 7) is 0. The summed E-state index contributed by atoms with van der Waals surface area (Å²) in [7, 11) is 1.29. The second-order valence-corrected chi connectivity index (χ2v) is 4.32. The summed E-state index contributed by atoms with van der Waals surface area (Å²) < 4.78 is 31.3. The first-order valence-electron chi connectivity index (χ1n) is 5.13. The van der Waals surface area contributed by atoms with Gasteiger partial charge >= 0.3 is 0 Å². The van der Waals surface area contributed by atoms with Crippen LogP contribution < -0.4 is 15.9 Å². The van der Waals surface area contributed by atoms with E-state index in [9.17, 15) is 8.78 Å². The van der Waals surface area contributed by atoms with Gasteiger partial charge in [-0.05, 0) is 6.07 Å². The third-order valence-corrected chi connectivity index (χ3v) is 2.89. The van der Waals surface area contributed by atoms with Crippen molar-refractivity contribution < 1.29 is 13.5 Å². The van der Waals surface area contributed by atoms with Crippen LogP contribution in [0.5, 0.6) is 5.75 Å². The molecule has 0 radical (unpaired) electrons. The van der Waals surface area contributed by atoms with Gasteiger partial charge in [-0.1, -0.05) is 0 Å². The van der Waals surface area contributed by atoms with Crippen LogP contribution in [-0.4, -0.2) is 18.3 Å². The highest BCUT2D eigenvalue weighted by molar-refractivity contribution is 7.14. The van der Waals surface area contributed by atoms with E-state index in [-0.39, 0.29) is 11.3 Å². The van der Waals surface area contributed by atoms with Crippen LogP contribution in [-0.2, 0) is 0 Å². The van der Waals surface area contributed by atoms with E-state index < -0.39 is 11.6 Å². The van der Waals surface area contributed by atoms with Gasteiger partial charge in [0.25, 0.3) is 0 Å². The molecule has 2 aromatic rings. The molecule has 0 atom stereocenters. The first kappa shape index (κ1) is 13.2. The van der Waals surface area contributed by atoms with E-state index in [1.807, 2.05) is 0 Å². The van der Waals surface area contributed by atoms with Gasteiger partial charge in [-0.25, -0.2) is 13.8 Å². The molecule has 0 aliphatic carbocycles. The number of hydrogen-bond acceptors (Lipinski definition) is 6. The van der Waals surface area contributed by atoms with Crippen LogP contribution in [0.25, 0.3) is 0 Å². The lowest BCUT2D eigenvalue weighted by Gasteiger charge is -2.05. The largest absolute Gasteiger partial charge is 0.493 e. The van der Waals surface area contributed by atoms with Gasteiger partial charge < -0.3 is 10.5 Å². The second-order valence-electron chi connectivity index (χ2n) is 3.46. The summed E-state index contributed by atoms with van der Waals surface area (Å²) >= 11 is 1.26. The first-order chi connectivity index (χ1) is 9.10. The Kier molecular flexibility index (Phi) is 3.91. The summed E-state index contributed by atoms with van der Waals surface area (Å²) in [6.07, 6.45) is 1.24. The first-order valence-corrected chi connectivity index (χ1v) is 6.01. The minimum atomic E-state index is -0.789. The van der Waals surface area contributed by atoms with E-state index in [0.717, 1.165) is 12.1 Å². The number of rotatable bonds is 4. The zero-order chi connectivity index (χ0) is 13.8. The molecular weight excluding hydrogens is 274 g/mol. The fraction of sp³-hybridized carbons (Fsp3) is 0.0909. The van der Waals surface area contributed by atoms with Crippen molar-refractivity contribution in [2.24, 2.45) is 5.10 Å². The van der Waals surface area contributed by atoms with Crippen molar-refractivity contribution >= 4 is 28.5 Å². The summed E-state index contributed by atoms with van der Waals surface area (Å²) in [5.41, 5.74) is 8.21. The Hall–Kier alpha value is -2.22. The molecule has 1 aromatic heterocycles. The predicted octanol–water partition coefficient (Wildman–Crippen LogP) is 2.46. The molecule has 2 rings (SSSR count). The number of nitrogens with zero attached hydrogens (tertiary/aromatic N) is 2. The molecule has 0 spiro atoms. The van der Waals surface area contributed by atoms with Crippen molar-refractivity contribution in [3.8, 4) is 5.75 Å². The Balaban J connectivity index is 2.18. The Morgan fingerprint density at radius 3 is 2.89 bits per heavy atom. The number of anilines is 2. The van der Waals surface area contributed by atoms with Crippen LogP contribution in [0.1, 0.15) is 5.56 Å². The smallest absolute Gasteiger partial charge is 0.205 e. The monoisotopic (exact) mass is 284 g/mol. The molecule has 0 aliphatic rings. The third-order valence-electron chi connectivity index (χ3n) is 2.13. The molecule has 1 heterocycles. The van der Waals surface area contributed by atoms with Crippen molar-refractivity contribution in [2.75, 3.05) is 18.3 Å². The van der Waals surface area contributed by atoms with Crippen molar-refractivity contribution in [1.29, 1.82) is 0 Å². The van der Waals surface area contributed by atoms with E-state index in [4.69, 9.17) is 10.5 Å². The van der Waals surface area contributed by atoms with Crippen LogP contribution in [0.3, 0.4) is 0 Å². The molecule has 5 nitrogen and oxygen atoms in total. The molecular formula is C11H10F2N4OS. The van der Waals surface area contributed by atoms with E-state index in [0.29, 0.717) is 10.9 Å². The zero-order valence-corrected chi connectivity index (χ0v) is 10.7. The molecule has 0 bridgehead atoms. The lowest BCUT2D eigenvalue weighted by Crippen LogP contribution is -1.98. The fourth-order valence-electron chi connectivity index (χ4n) is 1.39. The number of benzene rings is 1. The topological polar surface area (TPSA) is 72.5 Å². The summed E-state index contributed by atoms with van der Waals surface area (Å²) in [4.78, 5) is 3.91. The standard InChI is InChI=1S/C11H10F2N4OS/c1-18-10-6(2-7(12)3-8(10)13)4-15-17-11-16-9(14)5-19-11/h2-5H,14H2,1H3,(H,16,17). The summed E-state index contributed by atoms with van der Waals surface area (Å²) in [6, 6.07) is 1.86. The summed E-state index contributed by atoms with van der Waals surface area (Å²) in [5, 5.41) is 5.94. The number of nitrogens with two attached hydrogens (primary N) is 1. The molecule has 0 amide bonds. The number of nitrogens with one attached hydrogen (secondary N) is 1. The normalized spacial score (nSPS) is 10.9. The van der Waals surface area contributed by atoms with Gasteiger partial charge in [0.1, 0.15) is 11.6 Å². The molecule has 8 heteroatoms. The Morgan fingerprint density at radius 1 is 1.47 bits per heavy atom. The number of aromatic nitrogens is 1.